The van der Waals surface area contributed by atoms with E-state index in [0.717, 1.165) is 36.3 Å². The van der Waals surface area contributed by atoms with Crippen molar-refractivity contribution in [3.8, 4) is 17.2 Å². The number of unbranched alkanes of at least 4 members (excludes halogenated alkanes) is 3. The van der Waals surface area contributed by atoms with Gasteiger partial charge in [-0.15, -0.1) is 0 Å². The lowest BCUT2D eigenvalue weighted by atomic mass is 9.77. The number of hydrogen-bond donors (Lipinski definition) is 1. The molecule has 3 aliphatic rings. The van der Waals surface area contributed by atoms with Crippen LogP contribution in [0, 0.1) is 0 Å². The molecule has 0 radical (unpaired) electrons. The van der Waals surface area contributed by atoms with Crippen LogP contribution in [-0.2, 0) is 10.2 Å². The fourth-order valence-electron chi connectivity index (χ4n) is 4.95. The SMILES string of the molecule is CCCCCCNCCCN1C(=O)C2(COc3cc4c(cc32)OCO4)c2ccccc21. The van der Waals surface area contributed by atoms with Gasteiger partial charge in [0.05, 0.1) is 0 Å². The van der Waals surface area contributed by atoms with Crippen molar-refractivity contribution in [2.75, 3.05) is 37.9 Å². The summed E-state index contributed by atoms with van der Waals surface area (Å²) in [5, 5.41) is 3.52. The van der Waals surface area contributed by atoms with Crippen LogP contribution in [-0.4, -0.2) is 38.9 Å². The number of benzene rings is 2. The average Bonchev–Trinajstić information content (AvgIpc) is 3.46. The molecule has 0 saturated carbocycles. The van der Waals surface area contributed by atoms with E-state index in [1.165, 1.54) is 25.7 Å². The zero-order valence-electron chi connectivity index (χ0n) is 18.1. The maximum absolute atomic E-state index is 13.8. The minimum absolute atomic E-state index is 0.0919. The number of nitrogens with zero attached hydrogens (tertiary/aromatic N) is 1. The number of hydrogen-bond acceptors (Lipinski definition) is 5. The van der Waals surface area contributed by atoms with Gasteiger partial charge in [-0.1, -0.05) is 44.4 Å². The highest BCUT2D eigenvalue weighted by molar-refractivity contribution is 6.11. The molecule has 3 aliphatic heterocycles. The molecule has 1 amide bonds. The van der Waals surface area contributed by atoms with Gasteiger partial charge in [-0.05, 0) is 43.6 Å². The van der Waals surface area contributed by atoms with Gasteiger partial charge in [-0.2, -0.15) is 0 Å². The van der Waals surface area contributed by atoms with Crippen LogP contribution >= 0.6 is 0 Å². The summed E-state index contributed by atoms with van der Waals surface area (Å²) in [7, 11) is 0. The Kier molecular flexibility index (Phi) is 5.48. The molecule has 0 saturated heterocycles. The second kappa shape index (κ2) is 8.42. The van der Waals surface area contributed by atoms with Crippen LogP contribution in [0.3, 0.4) is 0 Å². The lowest BCUT2D eigenvalue weighted by Gasteiger charge is -2.23. The first-order valence-electron chi connectivity index (χ1n) is 11.4. The Morgan fingerprint density at radius 2 is 1.74 bits per heavy atom. The number of carbonyl (C=O) groups is 1. The first-order chi connectivity index (χ1) is 15.3. The highest BCUT2D eigenvalue weighted by Gasteiger charge is 2.57. The first kappa shape index (κ1) is 20.2. The second-order valence-electron chi connectivity index (χ2n) is 8.53. The highest BCUT2D eigenvalue weighted by Crippen LogP contribution is 2.54. The molecule has 0 bridgehead atoms. The Morgan fingerprint density at radius 1 is 0.935 bits per heavy atom. The number of nitrogens with one attached hydrogen (secondary N) is 1. The zero-order chi connectivity index (χ0) is 21.3. The molecule has 0 fully saturated rings. The topological polar surface area (TPSA) is 60.0 Å². The molecule has 1 atom stereocenters. The van der Waals surface area contributed by atoms with Gasteiger partial charge in [0, 0.05) is 23.9 Å². The Morgan fingerprint density at radius 3 is 2.61 bits per heavy atom. The number of ether oxygens (including phenoxy) is 3. The van der Waals surface area contributed by atoms with Crippen molar-refractivity contribution >= 4 is 11.6 Å². The Bertz CT molecular complexity index is 976. The van der Waals surface area contributed by atoms with Gasteiger partial charge in [0.2, 0.25) is 12.7 Å². The Hall–Kier alpha value is -2.73. The molecule has 0 aliphatic carbocycles. The minimum atomic E-state index is -0.805. The van der Waals surface area contributed by atoms with E-state index in [1.807, 2.05) is 35.2 Å². The van der Waals surface area contributed by atoms with E-state index in [2.05, 4.69) is 18.3 Å². The number of para-hydroxylation sites is 1. The van der Waals surface area contributed by atoms with Crippen molar-refractivity contribution in [3.05, 3.63) is 47.5 Å². The second-order valence-corrected chi connectivity index (χ2v) is 8.53. The summed E-state index contributed by atoms with van der Waals surface area (Å²) < 4.78 is 17.1. The van der Waals surface area contributed by atoms with Gasteiger partial charge in [-0.25, -0.2) is 0 Å². The summed E-state index contributed by atoms with van der Waals surface area (Å²) in [5.41, 5.74) is 2.08. The third-order valence-electron chi connectivity index (χ3n) is 6.59. The predicted molar refractivity (Wildman–Crippen MR) is 119 cm³/mol. The molecule has 5 rings (SSSR count). The molecule has 0 aromatic heterocycles. The van der Waals surface area contributed by atoms with Crippen molar-refractivity contribution in [2.24, 2.45) is 0 Å². The highest BCUT2D eigenvalue weighted by atomic mass is 16.7. The molecule has 6 heteroatoms. The number of anilines is 1. The van der Waals surface area contributed by atoms with Gasteiger partial charge < -0.3 is 24.4 Å². The molecule has 6 nitrogen and oxygen atoms in total. The van der Waals surface area contributed by atoms with Gasteiger partial charge in [0.25, 0.3) is 0 Å². The Labute approximate surface area is 183 Å². The molecule has 31 heavy (non-hydrogen) atoms. The van der Waals surface area contributed by atoms with Gasteiger partial charge in [-0.3, -0.25) is 4.79 Å². The average molecular weight is 423 g/mol. The zero-order valence-corrected chi connectivity index (χ0v) is 18.1. The standard InChI is InChI=1S/C25H30N2O4/c1-2-3-4-7-11-26-12-8-13-27-20-10-6-5-9-18(20)25(24(27)28)16-29-21-15-23-22(14-19(21)25)30-17-31-23/h5-6,9-10,14-15,26H,2-4,7-8,11-13,16-17H2,1H3. The van der Waals surface area contributed by atoms with Crippen LogP contribution in [0.15, 0.2) is 36.4 Å². The molecule has 1 unspecified atom stereocenters. The monoisotopic (exact) mass is 422 g/mol. The maximum Gasteiger partial charge on any atom is 0.245 e. The van der Waals surface area contributed by atoms with E-state index in [4.69, 9.17) is 14.2 Å². The van der Waals surface area contributed by atoms with Crippen molar-refractivity contribution in [3.63, 3.8) is 0 Å². The largest absolute Gasteiger partial charge is 0.491 e. The summed E-state index contributed by atoms with van der Waals surface area (Å²) in [6.45, 7) is 5.40. The summed E-state index contributed by atoms with van der Waals surface area (Å²) in [6, 6.07) is 11.9. The first-order valence-corrected chi connectivity index (χ1v) is 11.4. The lowest BCUT2D eigenvalue weighted by molar-refractivity contribution is -0.122. The lowest BCUT2D eigenvalue weighted by Crippen LogP contribution is -2.43. The number of rotatable bonds is 9. The summed E-state index contributed by atoms with van der Waals surface area (Å²) in [5.74, 6) is 2.16. The van der Waals surface area contributed by atoms with E-state index in [-0.39, 0.29) is 12.7 Å². The third-order valence-corrected chi connectivity index (χ3v) is 6.59. The quantitative estimate of drug-likeness (QED) is 0.619. The molecule has 3 heterocycles. The Balaban J connectivity index is 1.34. The van der Waals surface area contributed by atoms with E-state index in [1.54, 1.807) is 0 Å². The van der Waals surface area contributed by atoms with Gasteiger partial charge in [0.15, 0.2) is 11.5 Å². The fourth-order valence-corrected chi connectivity index (χ4v) is 4.95. The van der Waals surface area contributed by atoms with Crippen molar-refractivity contribution in [2.45, 2.75) is 44.4 Å². The van der Waals surface area contributed by atoms with Crippen LogP contribution < -0.4 is 24.4 Å². The van der Waals surface area contributed by atoms with Crippen LogP contribution in [0.1, 0.15) is 50.2 Å². The van der Waals surface area contributed by atoms with Crippen LogP contribution in [0.2, 0.25) is 0 Å². The van der Waals surface area contributed by atoms with E-state index < -0.39 is 5.41 Å². The molecule has 2 aromatic carbocycles. The summed E-state index contributed by atoms with van der Waals surface area (Å²) in [6.07, 6.45) is 5.97. The van der Waals surface area contributed by atoms with Gasteiger partial charge in [0.1, 0.15) is 17.8 Å². The van der Waals surface area contributed by atoms with Crippen molar-refractivity contribution in [1.82, 2.24) is 5.32 Å². The summed E-state index contributed by atoms with van der Waals surface area (Å²) in [4.78, 5) is 15.8. The molecular weight excluding hydrogens is 392 g/mol. The predicted octanol–water partition coefficient (Wildman–Crippen LogP) is 4.00. The van der Waals surface area contributed by atoms with Crippen molar-refractivity contribution < 1.29 is 19.0 Å². The van der Waals surface area contributed by atoms with Crippen LogP contribution in [0.25, 0.3) is 0 Å². The van der Waals surface area contributed by atoms with E-state index in [9.17, 15) is 4.79 Å². The van der Waals surface area contributed by atoms with Crippen LogP contribution in [0.5, 0.6) is 17.2 Å². The number of fused-ring (bicyclic) bond motifs is 5. The molecule has 1 N–H and O–H groups in total. The number of amides is 1. The van der Waals surface area contributed by atoms with Crippen molar-refractivity contribution in [1.29, 1.82) is 0 Å². The maximum atomic E-state index is 13.8. The summed E-state index contributed by atoms with van der Waals surface area (Å²) >= 11 is 0. The fraction of sp³-hybridized carbons (Fsp3) is 0.480. The number of carbonyl (C=O) groups excluding carboxylic acids is 1. The molecule has 2 aromatic rings. The smallest absolute Gasteiger partial charge is 0.245 e. The normalized spacial score (nSPS) is 20.3. The minimum Gasteiger partial charge on any atom is -0.491 e. The van der Waals surface area contributed by atoms with E-state index >= 15 is 0 Å². The molecular formula is C25H30N2O4. The van der Waals surface area contributed by atoms with Gasteiger partial charge >= 0.3 is 0 Å². The van der Waals surface area contributed by atoms with E-state index in [0.29, 0.717) is 30.4 Å². The molecule has 164 valence electrons. The third kappa shape index (κ3) is 3.33. The van der Waals surface area contributed by atoms with Crippen LogP contribution in [0.4, 0.5) is 5.69 Å². The molecule has 1 spiro atoms.